The number of hydrogen-bond donors (Lipinski definition) is 0. The van der Waals surface area contributed by atoms with Crippen LogP contribution in [0.15, 0.2) is 6.07 Å². The lowest BCUT2D eigenvalue weighted by molar-refractivity contribution is -0.132. The van der Waals surface area contributed by atoms with Crippen LogP contribution in [0.1, 0.15) is 36.2 Å². The lowest BCUT2D eigenvalue weighted by Crippen LogP contribution is -2.13. The van der Waals surface area contributed by atoms with Gasteiger partial charge in [0.25, 0.3) is 0 Å². The Morgan fingerprint density at radius 1 is 1.35 bits per heavy atom. The zero-order valence-electron chi connectivity index (χ0n) is 13.3. The van der Waals surface area contributed by atoms with Gasteiger partial charge in [0, 0.05) is 38.5 Å². The van der Waals surface area contributed by atoms with E-state index < -0.39 is 5.97 Å². The summed E-state index contributed by atoms with van der Waals surface area (Å²) in [6.07, 6.45) is 0.295. The summed E-state index contributed by atoms with van der Waals surface area (Å²) in [5, 5.41) is 0. The van der Waals surface area contributed by atoms with Crippen LogP contribution in [0.2, 0.25) is 0 Å². The minimum absolute atomic E-state index is 0.0152. The Morgan fingerprint density at radius 3 is 2.70 bits per heavy atom. The van der Waals surface area contributed by atoms with Gasteiger partial charge < -0.3 is 18.9 Å². The number of hydrogen-bond acceptors (Lipinski definition) is 7. The van der Waals surface area contributed by atoms with Crippen molar-refractivity contribution >= 4 is 17.5 Å². The molecule has 7 heteroatoms. The number of rotatable bonds is 7. The highest BCUT2D eigenvalue weighted by Crippen LogP contribution is 2.42. The molecule has 0 unspecified atom stereocenters. The first-order valence-corrected chi connectivity index (χ1v) is 7.15. The Labute approximate surface area is 133 Å². The summed E-state index contributed by atoms with van der Waals surface area (Å²) in [6, 6.07) is 1.44. The van der Waals surface area contributed by atoms with Gasteiger partial charge >= 0.3 is 5.97 Å². The predicted octanol–water partition coefficient (Wildman–Crippen LogP) is 1.69. The van der Waals surface area contributed by atoms with E-state index in [9.17, 15) is 14.4 Å². The molecule has 124 valence electrons. The van der Waals surface area contributed by atoms with E-state index in [0.29, 0.717) is 12.0 Å². The van der Waals surface area contributed by atoms with Crippen molar-refractivity contribution in [2.75, 3.05) is 20.5 Å². The molecule has 1 aromatic carbocycles. The fourth-order valence-electron chi connectivity index (χ4n) is 2.26. The van der Waals surface area contributed by atoms with Crippen molar-refractivity contribution in [3.63, 3.8) is 0 Å². The van der Waals surface area contributed by atoms with Gasteiger partial charge in [-0.05, 0) is 0 Å². The molecule has 0 saturated carbocycles. The molecule has 0 aliphatic carbocycles. The maximum absolute atomic E-state index is 12.1. The third-order valence-corrected chi connectivity index (χ3v) is 3.29. The molecule has 23 heavy (non-hydrogen) atoms. The zero-order chi connectivity index (χ0) is 17.0. The van der Waals surface area contributed by atoms with Gasteiger partial charge in [0.15, 0.2) is 13.4 Å². The zero-order valence-corrected chi connectivity index (χ0v) is 13.3. The Morgan fingerprint density at radius 2 is 2.09 bits per heavy atom. The summed E-state index contributed by atoms with van der Waals surface area (Å²) in [5.41, 5.74) is 0.596. The van der Waals surface area contributed by atoms with E-state index in [1.807, 2.05) is 0 Å². The van der Waals surface area contributed by atoms with E-state index in [4.69, 9.17) is 18.9 Å². The van der Waals surface area contributed by atoms with Crippen LogP contribution in [-0.2, 0) is 20.7 Å². The first-order chi connectivity index (χ1) is 11.0. The van der Waals surface area contributed by atoms with Crippen LogP contribution in [0.25, 0.3) is 0 Å². The van der Waals surface area contributed by atoms with Gasteiger partial charge in [0.05, 0.1) is 0 Å². The number of benzene rings is 1. The highest BCUT2D eigenvalue weighted by Gasteiger charge is 2.32. The quantitative estimate of drug-likeness (QED) is 0.429. The molecule has 0 aromatic heterocycles. The standard InChI is InChI=1S/C16H18O7/c1-4-10(18)5-11-13(23-9(2)17)6-14-15(12(19)7-21-14)16(11)22-8-20-3/h6H,4-5,7-8H2,1-3H3. The van der Waals surface area contributed by atoms with Gasteiger partial charge in [-0.2, -0.15) is 0 Å². The van der Waals surface area contributed by atoms with Crippen LogP contribution in [0.4, 0.5) is 0 Å². The van der Waals surface area contributed by atoms with Crippen LogP contribution >= 0.6 is 0 Å². The molecule has 0 atom stereocenters. The second-order valence-corrected chi connectivity index (χ2v) is 4.98. The first-order valence-electron chi connectivity index (χ1n) is 7.15. The monoisotopic (exact) mass is 322 g/mol. The normalized spacial score (nSPS) is 12.6. The minimum atomic E-state index is -0.544. The highest BCUT2D eigenvalue weighted by molar-refractivity contribution is 6.06. The molecule has 7 nitrogen and oxygen atoms in total. The lowest BCUT2D eigenvalue weighted by Gasteiger charge is -2.17. The van der Waals surface area contributed by atoms with Crippen LogP contribution in [0.5, 0.6) is 17.2 Å². The number of ether oxygens (including phenoxy) is 4. The molecule has 0 spiro atoms. The molecule has 0 fully saturated rings. The van der Waals surface area contributed by atoms with Crippen LogP contribution < -0.4 is 14.2 Å². The number of carbonyl (C=O) groups excluding carboxylic acids is 3. The second kappa shape index (κ2) is 7.23. The topological polar surface area (TPSA) is 88.1 Å². The number of esters is 1. The maximum Gasteiger partial charge on any atom is 0.308 e. The molecule has 2 rings (SSSR count). The van der Waals surface area contributed by atoms with E-state index in [-0.39, 0.29) is 54.2 Å². The molecule has 1 aliphatic heterocycles. The van der Waals surface area contributed by atoms with E-state index >= 15 is 0 Å². The summed E-state index contributed by atoms with van der Waals surface area (Å²) in [4.78, 5) is 35.3. The van der Waals surface area contributed by atoms with E-state index in [0.717, 1.165) is 0 Å². The van der Waals surface area contributed by atoms with Gasteiger partial charge in [-0.15, -0.1) is 0 Å². The molecular weight excluding hydrogens is 304 g/mol. The van der Waals surface area contributed by atoms with Crippen LogP contribution in [0, 0.1) is 0 Å². The average Bonchev–Trinajstić information content (AvgIpc) is 2.87. The number of Topliss-reactive ketones (excluding diaryl/α,β-unsaturated/α-hetero) is 2. The summed E-state index contributed by atoms with van der Waals surface area (Å²) >= 11 is 0. The van der Waals surface area contributed by atoms with Crippen molar-refractivity contribution in [2.45, 2.75) is 26.7 Å². The smallest absolute Gasteiger partial charge is 0.308 e. The number of fused-ring (bicyclic) bond motifs is 1. The van der Waals surface area contributed by atoms with Crippen LogP contribution in [-0.4, -0.2) is 38.0 Å². The van der Waals surface area contributed by atoms with Gasteiger partial charge in [-0.1, -0.05) is 6.92 Å². The molecule has 0 saturated heterocycles. The van der Waals surface area contributed by atoms with Crippen molar-refractivity contribution < 1.29 is 33.3 Å². The summed E-state index contributed by atoms with van der Waals surface area (Å²) in [7, 11) is 1.44. The Balaban J connectivity index is 2.59. The predicted molar refractivity (Wildman–Crippen MR) is 79.1 cm³/mol. The Kier molecular flexibility index (Phi) is 5.33. The highest BCUT2D eigenvalue weighted by atomic mass is 16.7. The molecular formula is C16H18O7. The first kappa shape index (κ1) is 17.0. The van der Waals surface area contributed by atoms with E-state index in [2.05, 4.69) is 0 Å². The second-order valence-electron chi connectivity index (χ2n) is 4.98. The molecule has 1 aliphatic rings. The molecule has 1 aromatic rings. The molecule has 1 heterocycles. The number of carbonyl (C=O) groups is 3. The third-order valence-electron chi connectivity index (χ3n) is 3.29. The average molecular weight is 322 g/mol. The van der Waals surface area contributed by atoms with Gasteiger partial charge in [0.1, 0.15) is 28.6 Å². The molecule has 0 radical (unpaired) electrons. The van der Waals surface area contributed by atoms with Crippen molar-refractivity contribution in [3.05, 3.63) is 17.2 Å². The van der Waals surface area contributed by atoms with E-state index in [1.165, 1.54) is 20.1 Å². The lowest BCUT2D eigenvalue weighted by atomic mass is 9.99. The van der Waals surface area contributed by atoms with Gasteiger partial charge in [-0.25, -0.2) is 0 Å². The van der Waals surface area contributed by atoms with Crippen molar-refractivity contribution in [3.8, 4) is 17.2 Å². The fraction of sp³-hybridized carbons (Fsp3) is 0.438. The van der Waals surface area contributed by atoms with Crippen LogP contribution in [0.3, 0.4) is 0 Å². The van der Waals surface area contributed by atoms with Gasteiger partial charge in [0.2, 0.25) is 5.78 Å². The Hall–Kier alpha value is -2.41. The summed E-state index contributed by atoms with van der Waals surface area (Å²) in [5.74, 6) is -0.288. The maximum atomic E-state index is 12.1. The van der Waals surface area contributed by atoms with Gasteiger partial charge in [-0.3, -0.25) is 14.4 Å². The van der Waals surface area contributed by atoms with E-state index in [1.54, 1.807) is 6.92 Å². The molecule has 0 amide bonds. The number of ketones is 2. The SMILES string of the molecule is CCC(=O)Cc1c(OC(C)=O)cc2c(c1OCOC)C(=O)CO2. The number of methoxy groups -OCH3 is 1. The molecule has 0 N–H and O–H groups in total. The molecule has 0 bridgehead atoms. The minimum Gasteiger partial charge on any atom is -0.484 e. The van der Waals surface area contributed by atoms with Crippen molar-refractivity contribution in [1.82, 2.24) is 0 Å². The third kappa shape index (κ3) is 3.68. The Bertz CT molecular complexity index is 648. The largest absolute Gasteiger partial charge is 0.484 e. The fourth-order valence-corrected chi connectivity index (χ4v) is 2.26. The van der Waals surface area contributed by atoms with Crippen molar-refractivity contribution in [2.24, 2.45) is 0 Å². The van der Waals surface area contributed by atoms with Crippen molar-refractivity contribution in [1.29, 1.82) is 0 Å². The summed E-state index contributed by atoms with van der Waals surface area (Å²) < 4.78 is 20.8. The summed E-state index contributed by atoms with van der Waals surface area (Å²) in [6.45, 7) is 2.74.